The van der Waals surface area contributed by atoms with E-state index in [9.17, 15) is 9.59 Å². The predicted octanol–water partition coefficient (Wildman–Crippen LogP) is 2.04. The fourth-order valence-electron chi connectivity index (χ4n) is 1.79. The molecule has 1 amide bonds. The second-order valence-electron chi connectivity index (χ2n) is 3.96. The number of hydrogen-bond acceptors (Lipinski definition) is 4. The summed E-state index contributed by atoms with van der Waals surface area (Å²) in [5.41, 5.74) is 1.70. The van der Waals surface area contributed by atoms with Crippen molar-refractivity contribution in [3.63, 3.8) is 0 Å². The van der Waals surface area contributed by atoms with Crippen LogP contribution in [0.3, 0.4) is 0 Å². The Hall–Kier alpha value is -2.76. The number of methoxy groups -OCH3 is 2. The van der Waals surface area contributed by atoms with Crippen LogP contribution in [0.4, 0.5) is 4.79 Å². The van der Waals surface area contributed by atoms with Gasteiger partial charge in [-0.15, -0.1) is 0 Å². The van der Waals surface area contributed by atoms with E-state index in [-0.39, 0.29) is 5.70 Å². The van der Waals surface area contributed by atoms with Crippen molar-refractivity contribution in [3.05, 3.63) is 41.7 Å². The van der Waals surface area contributed by atoms with Gasteiger partial charge < -0.3 is 14.5 Å². The normalized spacial score (nSPS) is 11.2. The molecule has 6 heteroatoms. The van der Waals surface area contributed by atoms with Gasteiger partial charge in [0.1, 0.15) is 5.70 Å². The number of H-pyrrole nitrogens is 1. The van der Waals surface area contributed by atoms with E-state index in [0.29, 0.717) is 0 Å². The topological polar surface area (TPSA) is 80.4 Å². The molecule has 1 aromatic carbocycles. The minimum atomic E-state index is -0.735. The van der Waals surface area contributed by atoms with E-state index < -0.39 is 12.1 Å². The molecule has 0 atom stereocenters. The smallest absolute Gasteiger partial charge is 0.411 e. The van der Waals surface area contributed by atoms with E-state index in [0.717, 1.165) is 16.5 Å². The number of esters is 1. The molecular weight excluding hydrogens is 260 g/mol. The maximum Gasteiger partial charge on any atom is 0.411 e. The summed E-state index contributed by atoms with van der Waals surface area (Å²) < 4.78 is 9.11. The molecule has 0 radical (unpaired) electrons. The third-order valence-electron chi connectivity index (χ3n) is 2.75. The van der Waals surface area contributed by atoms with Gasteiger partial charge in [-0.05, 0) is 12.1 Å². The molecule has 0 saturated carbocycles. The zero-order valence-corrected chi connectivity index (χ0v) is 11.1. The number of fused-ring (bicyclic) bond motifs is 1. The van der Waals surface area contributed by atoms with Gasteiger partial charge in [0.05, 0.1) is 14.2 Å². The van der Waals surface area contributed by atoms with Crippen molar-refractivity contribution < 1.29 is 19.1 Å². The maximum absolute atomic E-state index is 11.7. The average Bonchev–Trinajstić information content (AvgIpc) is 2.89. The van der Waals surface area contributed by atoms with Crippen molar-refractivity contribution in [2.24, 2.45) is 0 Å². The average molecular weight is 274 g/mol. The molecule has 0 bridgehead atoms. The zero-order chi connectivity index (χ0) is 14.5. The number of ether oxygens (including phenoxy) is 2. The third kappa shape index (κ3) is 2.80. The number of aromatic nitrogens is 1. The van der Waals surface area contributed by atoms with Gasteiger partial charge >= 0.3 is 12.1 Å². The lowest BCUT2D eigenvalue weighted by atomic mass is 10.1. The fourth-order valence-corrected chi connectivity index (χ4v) is 1.79. The Labute approximate surface area is 115 Å². The molecule has 1 aromatic heterocycles. The van der Waals surface area contributed by atoms with Crippen molar-refractivity contribution >= 4 is 29.0 Å². The monoisotopic (exact) mass is 274 g/mol. The van der Waals surface area contributed by atoms with Crippen molar-refractivity contribution in [2.75, 3.05) is 14.2 Å². The number of carbonyl (C=O) groups excluding carboxylic acids is 2. The molecule has 2 aromatic rings. The summed E-state index contributed by atoms with van der Waals surface area (Å²) >= 11 is 0. The quantitative estimate of drug-likeness (QED) is 0.663. The summed E-state index contributed by atoms with van der Waals surface area (Å²) in [6.07, 6.45) is 2.54. The molecule has 104 valence electrons. The fraction of sp³-hybridized carbons (Fsp3) is 0.143. The van der Waals surface area contributed by atoms with E-state index >= 15 is 0 Å². The molecule has 2 N–H and O–H groups in total. The number of aromatic amines is 1. The van der Waals surface area contributed by atoms with E-state index in [1.807, 2.05) is 24.3 Å². The first kappa shape index (κ1) is 13.7. The Morgan fingerprint density at radius 2 is 1.95 bits per heavy atom. The number of carbonyl (C=O) groups is 2. The van der Waals surface area contributed by atoms with Gasteiger partial charge in [0, 0.05) is 22.7 Å². The SMILES string of the molecule is COC(=O)N/C(=C/c1c[nH]c2ccccc12)C(=O)OC. The number of rotatable bonds is 3. The molecule has 0 saturated heterocycles. The van der Waals surface area contributed by atoms with Crippen LogP contribution in [-0.2, 0) is 14.3 Å². The summed E-state index contributed by atoms with van der Waals surface area (Å²) in [7, 11) is 2.46. The lowest BCUT2D eigenvalue weighted by Crippen LogP contribution is -2.27. The van der Waals surface area contributed by atoms with E-state index in [1.165, 1.54) is 20.3 Å². The molecule has 0 aliphatic carbocycles. The molecule has 0 unspecified atom stereocenters. The van der Waals surface area contributed by atoms with Crippen LogP contribution in [0.15, 0.2) is 36.2 Å². The first-order chi connectivity index (χ1) is 9.65. The molecule has 0 spiro atoms. The Balaban J connectivity index is 2.41. The Morgan fingerprint density at radius 3 is 2.65 bits per heavy atom. The maximum atomic E-state index is 11.7. The van der Waals surface area contributed by atoms with E-state index in [1.54, 1.807) is 6.20 Å². The first-order valence-corrected chi connectivity index (χ1v) is 5.87. The Morgan fingerprint density at radius 1 is 1.20 bits per heavy atom. The molecule has 6 nitrogen and oxygen atoms in total. The summed E-state index contributed by atoms with van der Waals surface area (Å²) in [4.78, 5) is 26.0. The van der Waals surface area contributed by atoms with Crippen molar-refractivity contribution in [1.29, 1.82) is 0 Å². The summed E-state index contributed by atoms with van der Waals surface area (Å²) in [5.74, 6) is -0.652. The van der Waals surface area contributed by atoms with Crippen LogP contribution < -0.4 is 5.32 Å². The molecule has 0 aliphatic rings. The summed E-state index contributed by atoms with van der Waals surface area (Å²) in [6, 6.07) is 7.61. The van der Waals surface area contributed by atoms with Crippen LogP contribution in [0, 0.1) is 0 Å². The molecule has 0 fully saturated rings. The van der Waals surface area contributed by atoms with Gasteiger partial charge in [-0.25, -0.2) is 9.59 Å². The lowest BCUT2D eigenvalue weighted by Gasteiger charge is -2.06. The number of para-hydroxylation sites is 1. The molecular formula is C14H14N2O4. The van der Waals surface area contributed by atoms with E-state index in [4.69, 9.17) is 0 Å². The van der Waals surface area contributed by atoms with Crippen molar-refractivity contribution in [3.8, 4) is 0 Å². The zero-order valence-electron chi connectivity index (χ0n) is 11.1. The van der Waals surface area contributed by atoms with Crippen molar-refractivity contribution in [1.82, 2.24) is 10.3 Å². The van der Waals surface area contributed by atoms with Crippen LogP contribution in [0.1, 0.15) is 5.56 Å². The van der Waals surface area contributed by atoms with Crippen LogP contribution in [0.2, 0.25) is 0 Å². The van der Waals surface area contributed by atoms with Crippen LogP contribution >= 0.6 is 0 Å². The van der Waals surface area contributed by atoms with Gasteiger partial charge in [0.2, 0.25) is 0 Å². The predicted molar refractivity (Wildman–Crippen MR) is 73.8 cm³/mol. The standard InChI is InChI=1S/C14H14N2O4/c1-19-13(17)12(16-14(18)20-2)7-9-8-15-11-6-4-3-5-10(9)11/h3-8,15H,1-2H3,(H,16,18)/b12-7+. The minimum absolute atomic E-state index is 0.00380. The Kier molecular flexibility index (Phi) is 4.05. The highest BCUT2D eigenvalue weighted by Gasteiger charge is 2.14. The number of alkyl carbamates (subject to hydrolysis) is 1. The number of benzene rings is 1. The second kappa shape index (κ2) is 5.92. The second-order valence-corrected chi connectivity index (χ2v) is 3.96. The summed E-state index contributed by atoms with van der Waals surface area (Å²) in [6.45, 7) is 0. The minimum Gasteiger partial charge on any atom is -0.464 e. The van der Waals surface area contributed by atoms with Gasteiger partial charge in [-0.1, -0.05) is 18.2 Å². The van der Waals surface area contributed by atoms with Gasteiger partial charge in [-0.3, -0.25) is 5.32 Å². The third-order valence-corrected chi connectivity index (χ3v) is 2.75. The highest BCUT2D eigenvalue weighted by molar-refractivity contribution is 5.99. The number of amides is 1. The van der Waals surface area contributed by atoms with Crippen LogP contribution in [0.25, 0.3) is 17.0 Å². The number of nitrogens with one attached hydrogen (secondary N) is 2. The van der Waals surface area contributed by atoms with E-state index in [2.05, 4.69) is 19.8 Å². The highest BCUT2D eigenvalue weighted by atomic mass is 16.5. The molecule has 2 rings (SSSR count). The van der Waals surface area contributed by atoms with Gasteiger partial charge in [0.15, 0.2) is 0 Å². The van der Waals surface area contributed by atoms with Crippen LogP contribution in [-0.4, -0.2) is 31.3 Å². The van der Waals surface area contributed by atoms with Gasteiger partial charge in [0.25, 0.3) is 0 Å². The summed E-state index contributed by atoms with van der Waals surface area (Å²) in [5, 5.41) is 3.26. The molecule has 1 heterocycles. The highest BCUT2D eigenvalue weighted by Crippen LogP contribution is 2.20. The molecule has 20 heavy (non-hydrogen) atoms. The Bertz CT molecular complexity index is 673. The lowest BCUT2D eigenvalue weighted by molar-refractivity contribution is -0.136. The van der Waals surface area contributed by atoms with Crippen LogP contribution in [0.5, 0.6) is 0 Å². The van der Waals surface area contributed by atoms with Gasteiger partial charge in [-0.2, -0.15) is 0 Å². The number of hydrogen-bond donors (Lipinski definition) is 2. The first-order valence-electron chi connectivity index (χ1n) is 5.87. The largest absolute Gasteiger partial charge is 0.464 e. The van der Waals surface area contributed by atoms with Crippen molar-refractivity contribution in [2.45, 2.75) is 0 Å². The molecule has 0 aliphatic heterocycles.